The van der Waals surface area contributed by atoms with Gasteiger partial charge in [-0.05, 0) is 25.1 Å². The van der Waals surface area contributed by atoms with E-state index in [1.165, 1.54) is 18.2 Å². The number of alkyl halides is 2. The first-order valence-electron chi connectivity index (χ1n) is 7.61. The third kappa shape index (κ3) is 6.25. The van der Waals surface area contributed by atoms with E-state index in [1.54, 1.807) is 24.3 Å². The van der Waals surface area contributed by atoms with Gasteiger partial charge >= 0.3 is 0 Å². The number of aromatic nitrogens is 1. The Balaban J connectivity index is 1.89. The molecule has 0 aliphatic carbocycles. The van der Waals surface area contributed by atoms with Crippen LogP contribution in [0.4, 0.5) is 14.6 Å². The Hall–Kier alpha value is -2.90. The lowest BCUT2D eigenvalue weighted by molar-refractivity contribution is -0.118. The van der Waals surface area contributed by atoms with Gasteiger partial charge in [0.1, 0.15) is 5.82 Å². The SMILES string of the molecule is CCOc1ccccc1OCC(=O)Nc1cccc(OCC(F)F)n1. The first-order valence-corrected chi connectivity index (χ1v) is 7.61. The molecule has 6 nitrogen and oxygen atoms in total. The van der Waals surface area contributed by atoms with Crippen LogP contribution in [0.5, 0.6) is 17.4 Å². The number of ether oxygens (including phenoxy) is 3. The second-order valence-corrected chi connectivity index (χ2v) is 4.78. The molecular weight excluding hydrogens is 334 g/mol. The molecule has 1 amide bonds. The summed E-state index contributed by atoms with van der Waals surface area (Å²) in [5, 5.41) is 2.51. The molecular formula is C17H18F2N2O4. The zero-order valence-corrected chi connectivity index (χ0v) is 13.6. The molecule has 25 heavy (non-hydrogen) atoms. The lowest BCUT2D eigenvalue weighted by Gasteiger charge is -2.11. The normalized spacial score (nSPS) is 10.4. The van der Waals surface area contributed by atoms with Crippen molar-refractivity contribution in [3.8, 4) is 17.4 Å². The van der Waals surface area contributed by atoms with E-state index in [-0.39, 0.29) is 18.3 Å². The molecule has 0 aliphatic rings. The number of rotatable bonds is 9. The van der Waals surface area contributed by atoms with Crippen LogP contribution in [0.25, 0.3) is 0 Å². The van der Waals surface area contributed by atoms with Gasteiger partial charge in [-0.25, -0.2) is 8.78 Å². The molecule has 0 radical (unpaired) electrons. The molecule has 1 aromatic heterocycles. The predicted octanol–water partition coefficient (Wildman–Crippen LogP) is 3.14. The van der Waals surface area contributed by atoms with Crippen LogP contribution in [0, 0.1) is 0 Å². The molecule has 0 bridgehead atoms. The average Bonchev–Trinajstić information content (AvgIpc) is 2.60. The van der Waals surface area contributed by atoms with Gasteiger partial charge in [-0.3, -0.25) is 4.79 Å². The molecule has 1 heterocycles. The summed E-state index contributed by atoms with van der Waals surface area (Å²) >= 11 is 0. The van der Waals surface area contributed by atoms with Crippen molar-refractivity contribution in [2.24, 2.45) is 0 Å². The number of amides is 1. The van der Waals surface area contributed by atoms with Gasteiger partial charge in [0.2, 0.25) is 5.88 Å². The maximum absolute atomic E-state index is 12.1. The number of halogens is 2. The Morgan fingerprint density at radius 1 is 1.08 bits per heavy atom. The van der Waals surface area contributed by atoms with Crippen molar-refractivity contribution >= 4 is 11.7 Å². The number of para-hydroxylation sites is 2. The monoisotopic (exact) mass is 352 g/mol. The highest BCUT2D eigenvalue weighted by molar-refractivity contribution is 5.91. The summed E-state index contributed by atoms with van der Waals surface area (Å²) < 4.78 is 39.9. The van der Waals surface area contributed by atoms with E-state index in [0.717, 1.165) is 0 Å². The van der Waals surface area contributed by atoms with Crippen molar-refractivity contribution in [2.45, 2.75) is 13.3 Å². The Kier molecular flexibility index (Phi) is 6.94. The first-order chi connectivity index (χ1) is 12.1. The predicted molar refractivity (Wildman–Crippen MR) is 87.5 cm³/mol. The first kappa shape index (κ1) is 18.4. The van der Waals surface area contributed by atoms with Crippen molar-refractivity contribution in [3.05, 3.63) is 42.5 Å². The highest BCUT2D eigenvalue weighted by Crippen LogP contribution is 2.26. The Bertz CT molecular complexity index is 698. The molecule has 0 spiro atoms. The third-order valence-electron chi connectivity index (χ3n) is 2.86. The van der Waals surface area contributed by atoms with Crippen LogP contribution in [0.1, 0.15) is 6.92 Å². The number of nitrogens with zero attached hydrogens (tertiary/aromatic N) is 1. The number of carbonyl (C=O) groups excluding carboxylic acids is 1. The van der Waals surface area contributed by atoms with Gasteiger partial charge < -0.3 is 19.5 Å². The van der Waals surface area contributed by atoms with Gasteiger partial charge in [-0.15, -0.1) is 0 Å². The number of hydrogen-bond acceptors (Lipinski definition) is 5. The summed E-state index contributed by atoms with van der Waals surface area (Å²) in [5.41, 5.74) is 0. The minimum atomic E-state index is -2.60. The van der Waals surface area contributed by atoms with E-state index in [4.69, 9.17) is 14.2 Å². The van der Waals surface area contributed by atoms with Crippen LogP contribution >= 0.6 is 0 Å². The molecule has 0 unspecified atom stereocenters. The maximum atomic E-state index is 12.1. The second kappa shape index (κ2) is 9.41. The minimum absolute atomic E-state index is 0.000657. The Morgan fingerprint density at radius 2 is 1.80 bits per heavy atom. The zero-order chi connectivity index (χ0) is 18.1. The zero-order valence-electron chi connectivity index (χ0n) is 13.6. The number of nitrogens with one attached hydrogen (secondary N) is 1. The van der Waals surface area contributed by atoms with Gasteiger partial charge in [0.05, 0.1) is 6.61 Å². The topological polar surface area (TPSA) is 69.7 Å². The summed E-state index contributed by atoms with van der Waals surface area (Å²) in [4.78, 5) is 15.9. The van der Waals surface area contributed by atoms with Crippen molar-refractivity contribution < 1.29 is 27.8 Å². The van der Waals surface area contributed by atoms with Crippen LogP contribution in [0.3, 0.4) is 0 Å². The van der Waals surface area contributed by atoms with Crippen LogP contribution in [-0.4, -0.2) is 37.1 Å². The molecule has 134 valence electrons. The highest BCUT2D eigenvalue weighted by Gasteiger charge is 2.09. The number of benzene rings is 1. The molecule has 0 saturated heterocycles. The molecule has 0 atom stereocenters. The van der Waals surface area contributed by atoms with E-state index < -0.39 is 18.9 Å². The third-order valence-corrected chi connectivity index (χ3v) is 2.86. The van der Waals surface area contributed by atoms with Crippen molar-refractivity contribution in [3.63, 3.8) is 0 Å². The van der Waals surface area contributed by atoms with E-state index in [9.17, 15) is 13.6 Å². The largest absolute Gasteiger partial charge is 0.490 e. The van der Waals surface area contributed by atoms with Crippen molar-refractivity contribution in [1.29, 1.82) is 0 Å². The van der Waals surface area contributed by atoms with Crippen LogP contribution < -0.4 is 19.5 Å². The van der Waals surface area contributed by atoms with E-state index >= 15 is 0 Å². The molecule has 0 aliphatic heterocycles. The Morgan fingerprint density at radius 3 is 2.48 bits per heavy atom. The molecule has 8 heteroatoms. The standard InChI is InChI=1S/C17H18F2N2O4/c1-2-23-12-6-3-4-7-13(12)24-11-16(22)20-15-8-5-9-17(21-15)25-10-14(18)19/h3-9,14H,2,10-11H2,1H3,(H,20,21,22). The lowest BCUT2D eigenvalue weighted by atomic mass is 10.3. The maximum Gasteiger partial charge on any atom is 0.272 e. The highest BCUT2D eigenvalue weighted by atomic mass is 19.3. The van der Waals surface area contributed by atoms with Crippen LogP contribution in [-0.2, 0) is 4.79 Å². The quantitative estimate of drug-likeness (QED) is 0.751. The molecule has 2 rings (SSSR count). The van der Waals surface area contributed by atoms with Gasteiger partial charge in [0.25, 0.3) is 12.3 Å². The molecule has 0 fully saturated rings. The van der Waals surface area contributed by atoms with E-state index in [1.807, 2.05) is 6.92 Å². The van der Waals surface area contributed by atoms with Gasteiger partial charge in [0, 0.05) is 6.07 Å². The lowest BCUT2D eigenvalue weighted by Crippen LogP contribution is -2.21. The number of hydrogen-bond donors (Lipinski definition) is 1. The smallest absolute Gasteiger partial charge is 0.272 e. The van der Waals surface area contributed by atoms with Crippen molar-refractivity contribution in [1.82, 2.24) is 4.98 Å². The van der Waals surface area contributed by atoms with Crippen LogP contribution in [0.2, 0.25) is 0 Å². The number of pyridine rings is 1. The van der Waals surface area contributed by atoms with E-state index in [0.29, 0.717) is 18.1 Å². The van der Waals surface area contributed by atoms with Crippen LogP contribution in [0.15, 0.2) is 42.5 Å². The molecule has 0 saturated carbocycles. The summed E-state index contributed by atoms with van der Waals surface area (Å²) in [6.45, 7) is 1.30. The summed E-state index contributed by atoms with van der Waals surface area (Å²) in [6, 6.07) is 11.5. The number of carbonyl (C=O) groups is 1. The minimum Gasteiger partial charge on any atom is -0.490 e. The summed E-state index contributed by atoms with van der Waals surface area (Å²) in [6.07, 6.45) is -2.60. The fourth-order valence-corrected chi connectivity index (χ4v) is 1.88. The second-order valence-electron chi connectivity index (χ2n) is 4.78. The van der Waals surface area contributed by atoms with Gasteiger partial charge in [-0.1, -0.05) is 18.2 Å². The molecule has 1 N–H and O–H groups in total. The van der Waals surface area contributed by atoms with Crippen molar-refractivity contribution in [2.75, 3.05) is 25.1 Å². The fraction of sp³-hybridized carbons (Fsp3) is 0.294. The molecule has 1 aromatic carbocycles. The van der Waals surface area contributed by atoms with E-state index in [2.05, 4.69) is 10.3 Å². The van der Waals surface area contributed by atoms with Gasteiger partial charge in [-0.2, -0.15) is 4.98 Å². The number of anilines is 1. The summed E-state index contributed by atoms with van der Waals surface area (Å²) in [5.74, 6) is 0.712. The Labute approximate surface area is 143 Å². The fourth-order valence-electron chi connectivity index (χ4n) is 1.88. The average molecular weight is 352 g/mol. The van der Waals surface area contributed by atoms with Gasteiger partial charge in [0.15, 0.2) is 24.7 Å². The molecule has 2 aromatic rings. The summed E-state index contributed by atoms with van der Waals surface area (Å²) in [7, 11) is 0.